The summed E-state index contributed by atoms with van der Waals surface area (Å²) in [5.74, 6) is 0.890. The van der Waals surface area contributed by atoms with Gasteiger partial charge in [0.1, 0.15) is 5.75 Å². The summed E-state index contributed by atoms with van der Waals surface area (Å²) in [5.41, 5.74) is 1.20. The highest BCUT2D eigenvalue weighted by Gasteiger charge is 2.14. The molecule has 1 atom stereocenters. The van der Waals surface area contributed by atoms with Crippen LogP contribution in [0.3, 0.4) is 0 Å². The first-order valence-electron chi connectivity index (χ1n) is 5.78. The van der Waals surface area contributed by atoms with Crippen LogP contribution in [0, 0.1) is 0 Å². The number of hydrogen-bond acceptors (Lipinski definition) is 4. The fourth-order valence-electron chi connectivity index (χ4n) is 1.71. The first kappa shape index (κ1) is 14.0. The molecule has 2 rings (SSSR count). The van der Waals surface area contributed by atoms with Gasteiger partial charge in [0.25, 0.3) is 0 Å². The van der Waals surface area contributed by atoms with Crippen molar-refractivity contribution in [1.82, 2.24) is 5.32 Å². The molecule has 96 valence electrons. The Labute approximate surface area is 103 Å². The Morgan fingerprint density at radius 3 is 2.53 bits per heavy atom. The number of benzene rings is 1. The standard InChI is InChI=1S/C12H17NO2.CH4O/c1-14-11-4-2-10(3-5-11)9-15-12-6-7-13-8-12;1-2/h2-5,12-13H,6-9H2,1H3;2H,1H3. The molecule has 1 aliphatic rings. The van der Waals surface area contributed by atoms with E-state index in [4.69, 9.17) is 14.6 Å². The smallest absolute Gasteiger partial charge is 0.118 e. The van der Waals surface area contributed by atoms with Crippen molar-refractivity contribution in [1.29, 1.82) is 0 Å². The minimum Gasteiger partial charge on any atom is -0.497 e. The average Bonchev–Trinajstić information content (AvgIpc) is 2.92. The molecular formula is C13H21NO3. The molecule has 1 aromatic carbocycles. The van der Waals surface area contributed by atoms with Gasteiger partial charge in [-0.05, 0) is 30.7 Å². The van der Waals surface area contributed by atoms with Crippen LogP contribution in [0.4, 0.5) is 0 Å². The van der Waals surface area contributed by atoms with E-state index in [-0.39, 0.29) is 0 Å². The van der Waals surface area contributed by atoms with Crippen LogP contribution in [0.2, 0.25) is 0 Å². The molecule has 1 fully saturated rings. The van der Waals surface area contributed by atoms with Gasteiger partial charge < -0.3 is 19.9 Å². The highest BCUT2D eigenvalue weighted by Crippen LogP contribution is 2.13. The zero-order valence-corrected chi connectivity index (χ0v) is 10.5. The zero-order valence-electron chi connectivity index (χ0n) is 10.5. The third kappa shape index (κ3) is 4.73. The van der Waals surface area contributed by atoms with Crippen LogP contribution in [0.1, 0.15) is 12.0 Å². The lowest BCUT2D eigenvalue weighted by Gasteiger charge is -2.10. The Bertz CT molecular complexity index is 294. The molecule has 1 saturated heterocycles. The van der Waals surface area contributed by atoms with Gasteiger partial charge in [0.05, 0.1) is 19.8 Å². The second-order valence-corrected chi connectivity index (χ2v) is 3.77. The maximum absolute atomic E-state index is 7.00. The summed E-state index contributed by atoms with van der Waals surface area (Å²) in [6.45, 7) is 2.75. The molecule has 0 aromatic heterocycles. The fraction of sp³-hybridized carbons (Fsp3) is 0.538. The normalized spacial score (nSPS) is 18.4. The number of hydrogen-bond donors (Lipinski definition) is 2. The molecule has 0 aliphatic carbocycles. The first-order chi connectivity index (χ1) is 8.38. The number of nitrogens with one attached hydrogen (secondary N) is 1. The van der Waals surface area contributed by atoms with Crippen LogP contribution in [-0.4, -0.2) is 38.5 Å². The molecule has 2 N–H and O–H groups in total. The van der Waals surface area contributed by atoms with Gasteiger partial charge in [0, 0.05) is 13.7 Å². The maximum Gasteiger partial charge on any atom is 0.118 e. The molecule has 0 bridgehead atoms. The Morgan fingerprint density at radius 2 is 2.00 bits per heavy atom. The van der Waals surface area contributed by atoms with Crippen LogP contribution >= 0.6 is 0 Å². The Kier molecular flexibility index (Phi) is 6.62. The van der Waals surface area contributed by atoms with Crippen LogP contribution in [0.25, 0.3) is 0 Å². The molecule has 0 amide bonds. The summed E-state index contributed by atoms with van der Waals surface area (Å²) in [4.78, 5) is 0. The van der Waals surface area contributed by atoms with Gasteiger partial charge in [-0.1, -0.05) is 12.1 Å². The zero-order chi connectivity index (χ0) is 12.5. The predicted octanol–water partition coefficient (Wildman–Crippen LogP) is 1.18. The predicted molar refractivity (Wildman–Crippen MR) is 67.2 cm³/mol. The number of rotatable bonds is 4. The summed E-state index contributed by atoms with van der Waals surface area (Å²) >= 11 is 0. The molecule has 17 heavy (non-hydrogen) atoms. The Balaban J connectivity index is 0.000000686. The molecule has 1 unspecified atom stereocenters. The van der Waals surface area contributed by atoms with Crippen molar-refractivity contribution in [2.45, 2.75) is 19.1 Å². The van der Waals surface area contributed by atoms with Crippen molar-refractivity contribution in [3.63, 3.8) is 0 Å². The third-order valence-corrected chi connectivity index (χ3v) is 2.66. The second kappa shape index (κ2) is 8.06. The summed E-state index contributed by atoms with van der Waals surface area (Å²) in [6.07, 6.45) is 1.50. The second-order valence-electron chi connectivity index (χ2n) is 3.77. The van der Waals surface area contributed by atoms with E-state index in [9.17, 15) is 0 Å². The molecule has 1 heterocycles. The Hall–Kier alpha value is -1.10. The number of ether oxygens (including phenoxy) is 2. The molecule has 4 heteroatoms. The molecule has 0 spiro atoms. The summed E-state index contributed by atoms with van der Waals surface area (Å²) in [6, 6.07) is 8.01. The fourth-order valence-corrected chi connectivity index (χ4v) is 1.71. The molecule has 4 nitrogen and oxygen atoms in total. The van der Waals surface area contributed by atoms with E-state index in [1.54, 1.807) is 7.11 Å². The molecule has 0 saturated carbocycles. The van der Waals surface area contributed by atoms with Gasteiger partial charge in [0.15, 0.2) is 0 Å². The van der Waals surface area contributed by atoms with E-state index in [2.05, 4.69) is 5.32 Å². The van der Waals surface area contributed by atoms with Crippen LogP contribution in [0.5, 0.6) is 5.75 Å². The average molecular weight is 239 g/mol. The van der Waals surface area contributed by atoms with Crippen LogP contribution in [-0.2, 0) is 11.3 Å². The van der Waals surface area contributed by atoms with E-state index in [1.165, 1.54) is 5.56 Å². The first-order valence-corrected chi connectivity index (χ1v) is 5.78. The summed E-state index contributed by atoms with van der Waals surface area (Å²) in [7, 11) is 2.68. The van der Waals surface area contributed by atoms with E-state index in [1.807, 2.05) is 24.3 Å². The summed E-state index contributed by atoms with van der Waals surface area (Å²) < 4.78 is 10.9. The van der Waals surface area contributed by atoms with Crippen molar-refractivity contribution in [2.75, 3.05) is 27.3 Å². The van der Waals surface area contributed by atoms with Gasteiger partial charge in [-0.3, -0.25) is 0 Å². The van der Waals surface area contributed by atoms with E-state index in [0.29, 0.717) is 12.7 Å². The quantitative estimate of drug-likeness (QED) is 0.828. The maximum atomic E-state index is 7.00. The van der Waals surface area contributed by atoms with Crippen molar-refractivity contribution < 1.29 is 14.6 Å². The van der Waals surface area contributed by atoms with Crippen LogP contribution in [0.15, 0.2) is 24.3 Å². The minimum absolute atomic E-state index is 0.382. The highest BCUT2D eigenvalue weighted by atomic mass is 16.5. The molecule has 0 radical (unpaired) electrons. The third-order valence-electron chi connectivity index (χ3n) is 2.66. The van der Waals surface area contributed by atoms with Crippen molar-refractivity contribution in [3.05, 3.63) is 29.8 Å². The highest BCUT2D eigenvalue weighted by molar-refractivity contribution is 5.26. The van der Waals surface area contributed by atoms with Gasteiger partial charge in [-0.15, -0.1) is 0 Å². The molecule has 1 aromatic rings. The SMILES string of the molecule is CO.COc1ccc(COC2CCNC2)cc1. The van der Waals surface area contributed by atoms with Gasteiger partial charge in [0.2, 0.25) is 0 Å². The topological polar surface area (TPSA) is 50.7 Å². The lowest BCUT2D eigenvalue weighted by molar-refractivity contribution is 0.0542. The lowest BCUT2D eigenvalue weighted by atomic mass is 10.2. The molecular weight excluding hydrogens is 218 g/mol. The van der Waals surface area contributed by atoms with Crippen LogP contribution < -0.4 is 10.1 Å². The van der Waals surface area contributed by atoms with E-state index >= 15 is 0 Å². The van der Waals surface area contributed by atoms with Crippen molar-refractivity contribution in [3.8, 4) is 5.75 Å². The largest absolute Gasteiger partial charge is 0.497 e. The number of methoxy groups -OCH3 is 1. The Morgan fingerprint density at radius 1 is 1.29 bits per heavy atom. The van der Waals surface area contributed by atoms with Crippen molar-refractivity contribution >= 4 is 0 Å². The van der Waals surface area contributed by atoms with Gasteiger partial charge in [-0.25, -0.2) is 0 Å². The molecule has 1 aliphatic heterocycles. The van der Waals surface area contributed by atoms with E-state index in [0.717, 1.165) is 32.4 Å². The lowest BCUT2D eigenvalue weighted by Crippen LogP contribution is -2.16. The summed E-state index contributed by atoms with van der Waals surface area (Å²) in [5, 5.41) is 10.3. The number of aliphatic hydroxyl groups excluding tert-OH is 1. The van der Waals surface area contributed by atoms with E-state index < -0.39 is 0 Å². The van der Waals surface area contributed by atoms with Gasteiger partial charge in [-0.2, -0.15) is 0 Å². The van der Waals surface area contributed by atoms with Gasteiger partial charge >= 0.3 is 0 Å². The monoisotopic (exact) mass is 239 g/mol. The number of aliphatic hydroxyl groups is 1. The minimum atomic E-state index is 0.382. The van der Waals surface area contributed by atoms with Crippen molar-refractivity contribution in [2.24, 2.45) is 0 Å².